The molecular weight excluding hydrogens is 264 g/mol. The Morgan fingerprint density at radius 3 is 2.45 bits per heavy atom. The normalized spacial score (nSPS) is 14.6. The van der Waals surface area contributed by atoms with Crippen molar-refractivity contribution in [2.75, 3.05) is 11.9 Å². The third-order valence-electron chi connectivity index (χ3n) is 3.46. The van der Waals surface area contributed by atoms with Gasteiger partial charge in [-0.05, 0) is 12.8 Å². The number of hydrogen-bond donors (Lipinski definition) is 2. The molecule has 2 rings (SSSR count). The maximum atomic E-state index is 13.2. The van der Waals surface area contributed by atoms with Crippen LogP contribution in [0.15, 0.2) is 18.3 Å². The van der Waals surface area contributed by atoms with Crippen LogP contribution in [-0.2, 0) is 0 Å². The molecule has 20 heavy (non-hydrogen) atoms. The summed E-state index contributed by atoms with van der Waals surface area (Å²) >= 11 is 0. The maximum Gasteiger partial charge on any atom is 0.161 e. The Labute approximate surface area is 115 Å². The Bertz CT molecular complexity index is 629. The summed E-state index contributed by atoms with van der Waals surface area (Å²) in [6.45, 7) is 5.82. The van der Waals surface area contributed by atoms with E-state index in [0.717, 1.165) is 12.1 Å². The van der Waals surface area contributed by atoms with Crippen molar-refractivity contribution >= 4 is 16.9 Å². The molecule has 6 heteroatoms. The number of aliphatic hydroxyl groups is 1. The molecule has 2 aromatic rings. The number of fused-ring (bicyclic) bond motifs is 1. The van der Waals surface area contributed by atoms with E-state index in [0.29, 0.717) is 5.82 Å². The third-order valence-corrected chi connectivity index (χ3v) is 3.46. The molecule has 0 amide bonds. The van der Waals surface area contributed by atoms with Crippen molar-refractivity contribution < 1.29 is 13.9 Å². The molecule has 0 bridgehead atoms. The Hall–Kier alpha value is -1.82. The van der Waals surface area contributed by atoms with Crippen molar-refractivity contribution in [2.45, 2.75) is 26.4 Å². The van der Waals surface area contributed by atoms with Gasteiger partial charge in [0, 0.05) is 18.7 Å². The van der Waals surface area contributed by atoms with Crippen LogP contribution in [0.5, 0.6) is 0 Å². The lowest BCUT2D eigenvalue weighted by molar-refractivity contribution is 0.0265. The first-order valence-corrected chi connectivity index (χ1v) is 6.37. The first-order valence-electron chi connectivity index (χ1n) is 6.37. The van der Waals surface area contributed by atoms with Gasteiger partial charge in [-0.1, -0.05) is 13.8 Å². The van der Waals surface area contributed by atoms with Crippen LogP contribution >= 0.6 is 0 Å². The van der Waals surface area contributed by atoms with Gasteiger partial charge in [0.05, 0.1) is 22.8 Å². The van der Waals surface area contributed by atoms with Gasteiger partial charge in [0.1, 0.15) is 5.82 Å². The summed E-state index contributed by atoms with van der Waals surface area (Å²) in [6.07, 6.45) is 1.43. The standard InChI is InChI=1S/C14H17F2N3O/c1-8(2)14(3,20)7-18-13-6-17-11-4-9(15)10(16)5-12(11)19-13/h4-6,8,20H,7H2,1-3H3,(H,18,19). The minimum absolute atomic E-state index is 0.0648. The van der Waals surface area contributed by atoms with Gasteiger partial charge in [0.25, 0.3) is 0 Å². The van der Waals surface area contributed by atoms with Crippen LogP contribution in [-0.4, -0.2) is 27.2 Å². The van der Waals surface area contributed by atoms with Crippen molar-refractivity contribution in [3.05, 3.63) is 30.0 Å². The van der Waals surface area contributed by atoms with Crippen LogP contribution in [0.25, 0.3) is 11.0 Å². The monoisotopic (exact) mass is 281 g/mol. The summed E-state index contributed by atoms with van der Waals surface area (Å²) in [5.41, 5.74) is -0.354. The molecule has 4 nitrogen and oxygen atoms in total. The maximum absolute atomic E-state index is 13.2. The van der Waals surface area contributed by atoms with Crippen molar-refractivity contribution in [1.82, 2.24) is 9.97 Å². The van der Waals surface area contributed by atoms with Gasteiger partial charge < -0.3 is 10.4 Å². The molecule has 0 saturated carbocycles. The van der Waals surface area contributed by atoms with Crippen molar-refractivity contribution in [3.63, 3.8) is 0 Å². The molecule has 1 aromatic heterocycles. The number of hydrogen-bond acceptors (Lipinski definition) is 4. The molecule has 1 aromatic carbocycles. The first kappa shape index (κ1) is 14.6. The number of rotatable bonds is 4. The van der Waals surface area contributed by atoms with E-state index in [-0.39, 0.29) is 23.5 Å². The van der Waals surface area contributed by atoms with Gasteiger partial charge in [0.15, 0.2) is 11.6 Å². The quantitative estimate of drug-likeness (QED) is 0.904. The zero-order valence-corrected chi connectivity index (χ0v) is 11.6. The van der Waals surface area contributed by atoms with Crippen LogP contribution in [0, 0.1) is 17.6 Å². The average Bonchev–Trinajstić information content (AvgIpc) is 2.37. The molecule has 108 valence electrons. The second kappa shape index (κ2) is 5.28. The molecule has 2 N–H and O–H groups in total. The predicted octanol–water partition coefficient (Wildman–Crippen LogP) is 2.73. The molecule has 0 spiro atoms. The molecule has 1 atom stereocenters. The molecule has 1 unspecified atom stereocenters. The smallest absolute Gasteiger partial charge is 0.161 e. The number of benzene rings is 1. The Morgan fingerprint density at radius 2 is 1.85 bits per heavy atom. The predicted molar refractivity (Wildman–Crippen MR) is 73.4 cm³/mol. The van der Waals surface area contributed by atoms with Gasteiger partial charge >= 0.3 is 0 Å². The number of halogens is 2. The molecule has 1 heterocycles. The zero-order valence-electron chi connectivity index (χ0n) is 11.6. The van der Waals surface area contributed by atoms with Gasteiger partial charge in [-0.15, -0.1) is 0 Å². The van der Waals surface area contributed by atoms with Crippen molar-refractivity contribution in [1.29, 1.82) is 0 Å². The largest absolute Gasteiger partial charge is 0.388 e. The fraction of sp³-hybridized carbons (Fsp3) is 0.429. The molecular formula is C14H17F2N3O. The summed E-state index contributed by atoms with van der Waals surface area (Å²) in [5, 5.41) is 13.1. The summed E-state index contributed by atoms with van der Waals surface area (Å²) in [4.78, 5) is 8.16. The van der Waals surface area contributed by atoms with E-state index in [9.17, 15) is 13.9 Å². The molecule has 0 fully saturated rings. The second-order valence-electron chi connectivity index (χ2n) is 5.38. The highest BCUT2D eigenvalue weighted by atomic mass is 19.2. The lowest BCUT2D eigenvalue weighted by Crippen LogP contribution is -2.38. The molecule has 0 aliphatic carbocycles. The highest BCUT2D eigenvalue weighted by molar-refractivity contribution is 5.75. The summed E-state index contributed by atoms with van der Waals surface area (Å²) < 4.78 is 26.2. The molecule has 0 saturated heterocycles. The fourth-order valence-corrected chi connectivity index (χ4v) is 1.57. The highest BCUT2D eigenvalue weighted by Gasteiger charge is 2.24. The minimum Gasteiger partial charge on any atom is -0.388 e. The highest BCUT2D eigenvalue weighted by Crippen LogP contribution is 2.19. The fourth-order valence-electron chi connectivity index (χ4n) is 1.57. The number of aromatic nitrogens is 2. The first-order chi connectivity index (χ1) is 9.29. The Balaban J connectivity index is 2.22. The summed E-state index contributed by atoms with van der Waals surface area (Å²) in [7, 11) is 0. The van der Waals surface area contributed by atoms with Crippen LogP contribution in [0.4, 0.5) is 14.6 Å². The minimum atomic E-state index is -0.960. The van der Waals surface area contributed by atoms with Gasteiger partial charge in [-0.2, -0.15) is 0 Å². The molecule has 0 radical (unpaired) electrons. The van der Waals surface area contributed by atoms with Crippen LogP contribution in [0.2, 0.25) is 0 Å². The SMILES string of the molecule is CC(C)C(C)(O)CNc1cnc2cc(F)c(F)cc2n1. The topological polar surface area (TPSA) is 58.0 Å². The zero-order chi connectivity index (χ0) is 14.9. The van der Waals surface area contributed by atoms with E-state index >= 15 is 0 Å². The molecule has 0 aliphatic rings. The van der Waals surface area contributed by atoms with E-state index in [1.165, 1.54) is 6.20 Å². The summed E-state index contributed by atoms with van der Waals surface area (Å²) in [5.74, 6) is -1.44. The average molecular weight is 281 g/mol. The third kappa shape index (κ3) is 3.01. The number of anilines is 1. The van der Waals surface area contributed by atoms with Crippen molar-refractivity contribution in [3.8, 4) is 0 Å². The second-order valence-corrected chi connectivity index (χ2v) is 5.38. The van der Waals surface area contributed by atoms with Gasteiger partial charge in [0.2, 0.25) is 0 Å². The van der Waals surface area contributed by atoms with Crippen LogP contribution in [0.1, 0.15) is 20.8 Å². The van der Waals surface area contributed by atoms with E-state index in [2.05, 4.69) is 15.3 Å². The lowest BCUT2D eigenvalue weighted by atomic mass is 9.93. The Morgan fingerprint density at radius 1 is 1.25 bits per heavy atom. The van der Waals surface area contributed by atoms with Gasteiger partial charge in [-0.25, -0.2) is 13.8 Å². The summed E-state index contributed by atoms with van der Waals surface area (Å²) in [6, 6.07) is 2.01. The van der Waals surface area contributed by atoms with Gasteiger partial charge in [-0.3, -0.25) is 4.98 Å². The van der Waals surface area contributed by atoms with E-state index in [1.54, 1.807) is 6.92 Å². The van der Waals surface area contributed by atoms with E-state index in [4.69, 9.17) is 0 Å². The van der Waals surface area contributed by atoms with Crippen molar-refractivity contribution in [2.24, 2.45) is 5.92 Å². The molecule has 0 aliphatic heterocycles. The van der Waals surface area contributed by atoms with E-state index in [1.807, 2.05) is 13.8 Å². The lowest BCUT2D eigenvalue weighted by Gasteiger charge is -2.27. The van der Waals surface area contributed by atoms with Crippen LogP contribution in [0.3, 0.4) is 0 Å². The van der Waals surface area contributed by atoms with Crippen LogP contribution < -0.4 is 5.32 Å². The van der Waals surface area contributed by atoms with E-state index < -0.39 is 17.2 Å². The number of nitrogens with one attached hydrogen (secondary N) is 1. The number of nitrogens with zero attached hydrogens (tertiary/aromatic N) is 2. The Kier molecular flexibility index (Phi) is 3.85.